The van der Waals surface area contributed by atoms with Crippen molar-refractivity contribution in [3.63, 3.8) is 0 Å². The molecule has 6 nitrogen and oxygen atoms in total. The number of sulfone groups is 1. The maximum atomic E-state index is 11.8. The molecular weight excluding hydrogens is 380 g/mol. The SMILES string of the molecule is CC(c1ccc2scnc2c1)N1CCN(c2cncc(S(C)(=O)=O)c2)CC1. The van der Waals surface area contributed by atoms with Crippen molar-refractivity contribution in [2.24, 2.45) is 0 Å². The Morgan fingerprint density at radius 3 is 2.63 bits per heavy atom. The predicted octanol–water partition coefficient (Wildman–Crippen LogP) is 2.98. The summed E-state index contributed by atoms with van der Waals surface area (Å²) in [7, 11) is -3.24. The van der Waals surface area contributed by atoms with Crippen LogP contribution >= 0.6 is 11.3 Å². The molecule has 1 unspecified atom stereocenters. The van der Waals surface area contributed by atoms with Crippen LogP contribution in [0.4, 0.5) is 5.69 Å². The lowest BCUT2D eigenvalue weighted by Crippen LogP contribution is -2.47. The lowest BCUT2D eigenvalue weighted by molar-refractivity contribution is 0.198. The zero-order valence-electron chi connectivity index (χ0n) is 15.4. The van der Waals surface area contributed by atoms with Gasteiger partial charge in [-0.05, 0) is 30.7 Å². The summed E-state index contributed by atoms with van der Waals surface area (Å²) in [5.74, 6) is 0. The number of thiazole rings is 1. The molecule has 1 atom stereocenters. The van der Waals surface area contributed by atoms with Crippen molar-refractivity contribution >= 4 is 37.1 Å². The molecule has 3 aromatic rings. The summed E-state index contributed by atoms with van der Waals surface area (Å²) in [6.07, 6.45) is 4.36. The van der Waals surface area contributed by atoms with Crippen molar-refractivity contribution in [2.75, 3.05) is 37.3 Å². The normalized spacial score (nSPS) is 17.3. The van der Waals surface area contributed by atoms with E-state index in [4.69, 9.17) is 0 Å². The highest BCUT2D eigenvalue weighted by Crippen LogP contribution is 2.27. The van der Waals surface area contributed by atoms with E-state index in [0.717, 1.165) is 37.4 Å². The first kappa shape index (κ1) is 18.3. The van der Waals surface area contributed by atoms with E-state index in [1.54, 1.807) is 23.6 Å². The molecule has 4 rings (SSSR count). The van der Waals surface area contributed by atoms with Crippen LogP contribution in [-0.2, 0) is 9.84 Å². The number of nitrogens with zero attached hydrogens (tertiary/aromatic N) is 4. The first-order chi connectivity index (χ1) is 12.9. The molecule has 0 N–H and O–H groups in total. The van der Waals surface area contributed by atoms with Crippen LogP contribution in [0.1, 0.15) is 18.5 Å². The quantitative estimate of drug-likeness (QED) is 0.668. The van der Waals surface area contributed by atoms with E-state index in [1.165, 1.54) is 22.7 Å². The molecule has 0 amide bonds. The molecule has 0 spiro atoms. The first-order valence-corrected chi connectivity index (χ1v) is 11.7. The van der Waals surface area contributed by atoms with Crippen molar-refractivity contribution in [1.82, 2.24) is 14.9 Å². The Balaban J connectivity index is 1.45. The predicted molar refractivity (Wildman–Crippen MR) is 109 cm³/mol. The molecule has 1 aromatic carbocycles. The van der Waals surface area contributed by atoms with E-state index < -0.39 is 9.84 Å². The van der Waals surface area contributed by atoms with Crippen molar-refractivity contribution in [2.45, 2.75) is 17.9 Å². The van der Waals surface area contributed by atoms with Crippen molar-refractivity contribution < 1.29 is 8.42 Å². The summed E-state index contributed by atoms with van der Waals surface area (Å²) < 4.78 is 24.8. The summed E-state index contributed by atoms with van der Waals surface area (Å²) in [6.45, 7) is 5.75. The van der Waals surface area contributed by atoms with Crippen LogP contribution in [0.3, 0.4) is 0 Å². The van der Waals surface area contributed by atoms with E-state index in [0.29, 0.717) is 6.04 Å². The molecule has 2 aromatic heterocycles. The van der Waals surface area contributed by atoms with E-state index in [-0.39, 0.29) is 4.90 Å². The Bertz CT molecular complexity index is 1060. The van der Waals surface area contributed by atoms with Gasteiger partial charge in [-0.2, -0.15) is 0 Å². The summed E-state index contributed by atoms with van der Waals surface area (Å²) in [5.41, 5.74) is 5.10. The molecule has 1 aliphatic rings. The fourth-order valence-corrected chi connectivity index (χ4v) is 4.74. The maximum absolute atomic E-state index is 11.8. The zero-order chi connectivity index (χ0) is 19.0. The number of hydrogen-bond donors (Lipinski definition) is 0. The third-order valence-corrected chi connectivity index (χ3v) is 7.08. The molecule has 8 heteroatoms. The average molecular weight is 403 g/mol. The third kappa shape index (κ3) is 3.83. The monoisotopic (exact) mass is 402 g/mol. The highest BCUT2D eigenvalue weighted by atomic mass is 32.2. The van der Waals surface area contributed by atoms with E-state index in [2.05, 4.69) is 44.9 Å². The largest absolute Gasteiger partial charge is 0.368 e. The van der Waals surface area contributed by atoms with Gasteiger partial charge in [-0.1, -0.05) is 6.07 Å². The van der Waals surface area contributed by atoms with Gasteiger partial charge >= 0.3 is 0 Å². The Hall–Kier alpha value is -2.03. The number of hydrogen-bond acceptors (Lipinski definition) is 7. The molecule has 1 aliphatic heterocycles. The Labute approximate surface area is 163 Å². The van der Waals surface area contributed by atoms with Gasteiger partial charge in [0, 0.05) is 44.7 Å². The molecule has 0 saturated carbocycles. The van der Waals surface area contributed by atoms with Crippen LogP contribution < -0.4 is 4.90 Å². The zero-order valence-corrected chi connectivity index (χ0v) is 17.0. The van der Waals surface area contributed by atoms with E-state index >= 15 is 0 Å². The minimum Gasteiger partial charge on any atom is -0.368 e. The van der Waals surface area contributed by atoms with Gasteiger partial charge in [0.05, 0.1) is 32.5 Å². The standard InChI is InChI=1S/C19H22N4O2S2/c1-14(15-3-4-19-18(9-15)21-13-26-19)22-5-7-23(8-6-22)16-10-17(12-20-11-16)27(2,24)25/h3-4,9-14H,5-8H2,1-2H3. The topological polar surface area (TPSA) is 66.4 Å². The second-order valence-electron chi connectivity index (χ2n) is 6.93. The summed E-state index contributed by atoms with van der Waals surface area (Å²) >= 11 is 1.66. The fourth-order valence-electron chi connectivity index (χ4n) is 3.50. The van der Waals surface area contributed by atoms with Crippen molar-refractivity contribution in [1.29, 1.82) is 0 Å². The molecule has 0 bridgehead atoms. The number of aromatic nitrogens is 2. The van der Waals surface area contributed by atoms with Crippen LogP contribution in [0.2, 0.25) is 0 Å². The smallest absolute Gasteiger partial charge is 0.177 e. The van der Waals surface area contributed by atoms with E-state index in [9.17, 15) is 8.42 Å². The number of piperazine rings is 1. The second-order valence-corrected chi connectivity index (χ2v) is 9.83. The molecule has 1 fully saturated rings. The summed E-state index contributed by atoms with van der Waals surface area (Å²) in [6, 6.07) is 8.56. The minimum absolute atomic E-state index is 0.271. The first-order valence-electron chi connectivity index (χ1n) is 8.89. The Morgan fingerprint density at radius 2 is 1.89 bits per heavy atom. The summed E-state index contributed by atoms with van der Waals surface area (Å²) in [5, 5.41) is 0. The lowest BCUT2D eigenvalue weighted by Gasteiger charge is -2.39. The van der Waals surface area contributed by atoms with Gasteiger partial charge in [-0.3, -0.25) is 9.88 Å². The molecular formula is C19H22N4O2S2. The summed E-state index contributed by atoms with van der Waals surface area (Å²) in [4.78, 5) is 13.5. The number of fused-ring (bicyclic) bond motifs is 1. The Morgan fingerprint density at radius 1 is 1.11 bits per heavy atom. The number of rotatable bonds is 4. The second kappa shape index (κ2) is 7.18. The average Bonchev–Trinajstić information content (AvgIpc) is 3.15. The minimum atomic E-state index is -3.24. The number of anilines is 1. The lowest BCUT2D eigenvalue weighted by atomic mass is 10.1. The highest BCUT2D eigenvalue weighted by Gasteiger charge is 2.23. The highest BCUT2D eigenvalue weighted by molar-refractivity contribution is 7.90. The molecule has 0 radical (unpaired) electrons. The molecule has 27 heavy (non-hydrogen) atoms. The van der Waals surface area contributed by atoms with Gasteiger partial charge in [0.2, 0.25) is 0 Å². The van der Waals surface area contributed by atoms with Crippen LogP contribution in [-0.4, -0.2) is 55.7 Å². The van der Waals surface area contributed by atoms with Gasteiger partial charge in [-0.25, -0.2) is 13.4 Å². The van der Waals surface area contributed by atoms with Crippen LogP contribution in [0.25, 0.3) is 10.2 Å². The van der Waals surface area contributed by atoms with Crippen molar-refractivity contribution in [3.05, 3.63) is 47.7 Å². The van der Waals surface area contributed by atoms with Gasteiger partial charge in [0.15, 0.2) is 9.84 Å². The van der Waals surface area contributed by atoms with Crippen molar-refractivity contribution in [3.8, 4) is 0 Å². The van der Waals surface area contributed by atoms with Crippen LogP contribution in [0.5, 0.6) is 0 Å². The van der Waals surface area contributed by atoms with Gasteiger partial charge in [0.25, 0.3) is 0 Å². The molecule has 0 aliphatic carbocycles. The van der Waals surface area contributed by atoms with Gasteiger partial charge in [-0.15, -0.1) is 11.3 Å². The van der Waals surface area contributed by atoms with E-state index in [1.807, 2.05) is 5.51 Å². The fraction of sp³-hybridized carbons (Fsp3) is 0.368. The Kier molecular flexibility index (Phi) is 4.88. The van der Waals surface area contributed by atoms with Crippen LogP contribution in [0.15, 0.2) is 47.1 Å². The van der Waals surface area contributed by atoms with Gasteiger partial charge in [0.1, 0.15) is 0 Å². The third-order valence-electron chi connectivity index (χ3n) is 5.19. The molecule has 3 heterocycles. The molecule has 142 valence electrons. The van der Waals surface area contributed by atoms with Gasteiger partial charge < -0.3 is 4.90 Å². The number of benzene rings is 1. The maximum Gasteiger partial charge on any atom is 0.177 e. The molecule has 1 saturated heterocycles. The number of pyridine rings is 1. The van der Waals surface area contributed by atoms with Crippen LogP contribution in [0, 0.1) is 0 Å².